The molecule has 0 aliphatic heterocycles. The van der Waals surface area contributed by atoms with Crippen molar-refractivity contribution in [3.8, 4) is 0 Å². The molecule has 0 fully saturated rings. The Morgan fingerprint density at radius 3 is 2.89 bits per heavy atom. The van der Waals surface area contributed by atoms with E-state index in [9.17, 15) is 4.39 Å². The molecule has 0 aliphatic rings. The van der Waals surface area contributed by atoms with Gasteiger partial charge in [-0.3, -0.25) is 11.3 Å². The van der Waals surface area contributed by atoms with E-state index in [0.29, 0.717) is 10.9 Å². The summed E-state index contributed by atoms with van der Waals surface area (Å²) in [6.07, 6.45) is 0.641. The Morgan fingerprint density at radius 1 is 1.50 bits per heavy atom. The molecule has 2 nitrogen and oxygen atoms in total. The van der Waals surface area contributed by atoms with Gasteiger partial charge in [0.25, 0.3) is 0 Å². The van der Waals surface area contributed by atoms with Gasteiger partial charge in [-0.05, 0) is 73.6 Å². The monoisotopic (exact) mass is 440 g/mol. The predicted molar refractivity (Wildman–Crippen MR) is 84.9 cm³/mol. The number of thiophene rings is 1. The third kappa shape index (κ3) is 3.30. The van der Waals surface area contributed by atoms with Crippen LogP contribution in [-0.2, 0) is 6.42 Å². The summed E-state index contributed by atoms with van der Waals surface area (Å²) in [6.45, 7) is 0. The van der Waals surface area contributed by atoms with E-state index in [0.717, 1.165) is 11.1 Å². The molecule has 0 spiro atoms. The lowest BCUT2D eigenvalue weighted by Crippen LogP contribution is -2.29. The molecule has 1 unspecified atom stereocenters. The van der Waals surface area contributed by atoms with Crippen molar-refractivity contribution in [1.29, 1.82) is 0 Å². The summed E-state index contributed by atoms with van der Waals surface area (Å²) in [4.78, 5) is 0. The Kier molecular flexibility index (Phi) is 5.14. The maximum absolute atomic E-state index is 13.4. The molecule has 1 aromatic carbocycles. The Balaban J connectivity index is 2.23. The van der Waals surface area contributed by atoms with Gasteiger partial charge in [-0.1, -0.05) is 12.1 Å². The van der Waals surface area contributed by atoms with E-state index in [-0.39, 0.29) is 11.9 Å². The Morgan fingerprint density at radius 2 is 2.28 bits per heavy atom. The topological polar surface area (TPSA) is 38.0 Å². The van der Waals surface area contributed by atoms with Crippen LogP contribution in [0.2, 0.25) is 0 Å². The zero-order chi connectivity index (χ0) is 13.1. The molecule has 96 valence electrons. The number of nitrogens with one attached hydrogen (secondary N) is 1. The van der Waals surface area contributed by atoms with Gasteiger partial charge in [-0.2, -0.15) is 0 Å². The van der Waals surface area contributed by atoms with Gasteiger partial charge in [0, 0.05) is 0 Å². The van der Waals surface area contributed by atoms with Crippen molar-refractivity contribution < 1.29 is 4.39 Å². The van der Waals surface area contributed by atoms with Crippen molar-refractivity contribution in [3.05, 3.63) is 53.9 Å². The summed E-state index contributed by atoms with van der Waals surface area (Å²) in [6, 6.07) is 7.12. The number of rotatable bonds is 4. The standard InChI is InChI=1S/C12H11BrFIN2S/c13-12-7(2-1-3-9(12)14)4-10(17-16)8-5-11(15)18-6-8/h1-3,5-6,10,17H,4,16H2. The van der Waals surface area contributed by atoms with Crippen molar-refractivity contribution in [2.24, 2.45) is 5.84 Å². The minimum Gasteiger partial charge on any atom is -0.271 e. The first-order valence-corrected chi connectivity index (χ1v) is 8.00. The van der Waals surface area contributed by atoms with Crippen LogP contribution in [0, 0.1) is 8.70 Å². The van der Waals surface area contributed by atoms with Crippen LogP contribution in [0.4, 0.5) is 4.39 Å². The molecule has 0 bridgehead atoms. The number of benzene rings is 1. The summed E-state index contributed by atoms with van der Waals surface area (Å²) in [5, 5.41) is 2.07. The molecule has 0 saturated heterocycles. The Bertz CT molecular complexity index is 547. The smallest absolute Gasteiger partial charge is 0.137 e. The lowest BCUT2D eigenvalue weighted by molar-refractivity contribution is 0.548. The largest absolute Gasteiger partial charge is 0.271 e. The second-order valence-corrected chi connectivity index (χ2v) is 7.42. The van der Waals surface area contributed by atoms with Gasteiger partial charge in [0.2, 0.25) is 0 Å². The van der Waals surface area contributed by atoms with Gasteiger partial charge in [0.1, 0.15) is 5.82 Å². The quantitative estimate of drug-likeness (QED) is 0.428. The highest BCUT2D eigenvalue weighted by Gasteiger charge is 2.15. The molecule has 1 atom stereocenters. The highest BCUT2D eigenvalue weighted by Crippen LogP contribution is 2.28. The summed E-state index contributed by atoms with van der Waals surface area (Å²) in [5.74, 6) is 5.35. The van der Waals surface area contributed by atoms with E-state index >= 15 is 0 Å². The summed E-state index contributed by atoms with van der Waals surface area (Å²) in [5.41, 5.74) is 4.82. The molecular formula is C12H11BrFIN2S. The lowest BCUT2D eigenvalue weighted by Gasteiger charge is -2.15. The van der Waals surface area contributed by atoms with Crippen molar-refractivity contribution in [2.75, 3.05) is 0 Å². The van der Waals surface area contributed by atoms with E-state index in [1.54, 1.807) is 17.4 Å². The zero-order valence-corrected chi connectivity index (χ0v) is 13.9. The molecule has 18 heavy (non-hydrogen) atoms. The third-order valence-corrected chi connectivity index (χ3v) is 5.34. The average Bonchev–Trinajstić information content (AvgIpc) is 2.78. The maximum Gasteiger partial charge on any atom is 0.137 e. The van der Waals surface area contributed by atoms with E-state index in [1.807, 2.05) is 6.07 Å². The first kappa shape index (κ1) is 14.4. The molecule has 2 rings (SSSR count). The fraction of sp³-hybridized carbons (Fsp3) is 0.167. The third-order valence-electron chi connectivity index (χ3n) is 2.65. The summed E-state index contributed by atoms with van der Waals surface area (Å²) < 4.78 is 15.2. The molecule has 1 heterocycles. The fourth-order valence-electron chi connectivity index (χ4n) is 1.71. The normalized spacial score (nSPS) is 12.7. The highest BCUT2D eigenvalue weighted by molar-refractivity contribution is 14.1. The van der Waals surface area contributed by atoms with E-state index < -0.39 is 0 Å². The van der Waals surface area contributed by atoms with Crippen LogP contribution in [0.1, 0.15) is 17.2 Å². The number of halogens is 3. The first-order chi connectivity index (χ1) is 8.61. The van der Waals surface area contributed by atoms with E-state index in [1.165, 1.54) is 8.95 Å². The number of nitrogens with two attached hydrogens (primary N) is 1. The molecule has 3 N–H and O–H groups in total. The van der Waals surface area contributed by atoms with E-state index in [2.05, 4.69) is 55.4 Å². The van der Waals surface area contributed by atoms with Crippen molar-refractivity contribution in [1.82, 2.24) is 5.43 Å². The molecule has 6 heteroatoms. The van der Waals surface area contributed by atoms with Crippen LogP contribution in [0.3, 0.4) is 0 Å². The van der Waals surface area contributed by atoms with Crippen molar-refractivity contribution >= 4 is 49.9 Å². The molecule has 0 aliphatic carbocycles. The van der Waals surface area contributed by atoms with Gasteiger partial charge >= 0.3 is 0 Å². The van der Waals surface area contributed by atoms with Gasteiger partial charge in [0.15, 0.2) is 0 Å². The Labute approximate surface area is 131 Å². The minimum atomic E-state index is -0.247. The van der Waals surface area contributed by atoms with Gasteiger partial charge in [0.05, 0.1) is 13.4 Å². The lowest BCUT2D eigenvalue weighted by atomic mass is 10.0. The second kappa shape index (κ2) is 6.42. The minimum absolute atomic E-state index is 0.0112. The zero-order valence-electron chi connectivity index (χ0n) is 9.29. The van der Waals surface area contributed by atoms with Gasteiger partial charge < -0.3 is 0 Å². The average molecular weight is 441 g/mol. The highest BCUT2D eigenvalue weighted by atomic mass is 127. The molecule has 2 aromatic rings. The van der Waals surface area contributed by atoms with Crippen LogP contribution in [0.5, 0.6) is 0 Å². The molecular weight excluding hydrogens is 430 g/mol. The van der Waals surface area contributed by atoms with Crippen LogP contribution < -0.4 is 11.3 Å². The van der Waals surface area contributed by atoms with Crippen LogP contribution in [-0.4, -0.2) is 0 Å². The van der Waals surface area contributed by atoms with Crippen LogP contribution in [0.25, 0.3) is 0 Å². The number of hydrazine groups is 1. The van der Waals surface area contributed by atoms with Gasteiger partial charge in [-0.15, -0.1) is 11.3 Å². The number of hydrogen-bond donors (Lipinski definition) is 2. The SMILES string of the molecule is NNC(Cc1cccc(F)c1Br)c1csc(I)c1. The Hall–Kier alpha value is -0.0200. The molecule has 0 amide bonds. The van der Waals surface area contributed by atoms with Crippen LogP contribution >= 0.6 is 49.9 Å². The second-order valence-electron chi connectivity index (χ2n) is 3.82. The predicted octanol–water partition coefficient (Wildman–Crippen LogP) is 4.00. The maximum atomic E-state index is 13.4. The van der Waals surface area contributed by atoms with Crippen molar-refractivity contribution in [3.63, 3.8) is 0 Å². The molecule has 1 aromatic heterocycles. The first-order valence-electron chi connectivity index (χ1n) is 5.24. The van der Waals surface area contributed by atoms with Crippen molar-refractivity contribution in [2.45, 2.75) is 12.5 Å². The number of hydrogen-bond acceptors (Lipinski definition) is 3. The summed E-state index contributed by atoms with van der Waals surface area (Å²) >= 11 is 7.22. The van der Waals surface area contributed by atoms with Gasteiger partial charge in [-0.25, -0.2) is 4.39 Å². The molecule has 0 saturated carbocycles. The van der Waals surface area contributed by atoms with Crippen LogP contribution in [0.15, 0.2) is 34.1 Å². The summed E-state index contributed by atoms with van der Waals surface area (Å²) in [7, 11) is 0. The molecule has 0 radical (unpaired) electrons. The van der Waals surface area contributed by atoms with E-state index in [4.69, 9.17) is 5.84 Å². The fourth-order valence-corrected chi connectivity index (χ4v) is 3.56.